The molecule has 0 atom stereocenters. The summed E-state index contributed by atoms with van der Waals surface area (Å²) in [4.78, 5) is 21.0. The summed E-state index contributed by atoms with van der Waals surface area (Å²) in [7, 11) is 1.61. The average molecular weight is 336 g/mol. The molecule has 6 heteroatoms. The molecule has 3 rings (SSSR count). The minimum atomic E-state index is -0.0546. The van der Waals surface area contributed by atoms with Gasteiger partial charge in [0.15, 0.2) is 0 Å². The van der Waals surface area contributed by atoms with Crippen molar-refractivity contribution < 1.29 is 4.74 Å². The Bertz CT molecular complexity index is 964. The Labute approximate surface area is 145 Å². The van der Waals surface area contributed by atoms with E-state index in [0.717, 1.165) is 11.1 Å². The van der Waals surface area contributed by atoms with Crippen LogP contribution in [0.4, 0.5) is 5.82 Å². The molecule has 0 aliphatic rings. The normalized spacial score (nSPS) is 10.9. The molecule has 0 bridgehead atoms. The highest BCUT2D eigenvalue weighted by Crippen LogP contribution is 2.34. The lowest BCUT2D eigenvalue weighted by Gasteiger charge is -2.14. The molecule has 0 aliphatic heterocycles. The van der Waals surface area contributed by atoms with Gasteiger partial charge in [-0.1, -0.05) is 12.1 Å². The third-order valence-corrected chi connectivity index (χ3v) is 3.92. The highest BCUT2D eigenvalue weighted by molar-refractivity contribution is 5.81. The van der Waals surface area contributed by atoms with Gasteiger partial charge in [-0.25, -0.2) is 4.98 Å². The minimum Gasteiger partial charge on any atom is -0.496 e. The molecule has 1 aromatic carbocycles. The van der Waals surface area contributed by atoms with Crippen molar-refractivity contribution in [3.63, 3.8) is 0 Å². The average Bonchev–Trinajstić information content (AvgIpc) is 2.62. The van der Waals surface area contributed by atoms with Crippen LogP contribution < -0.4 is 16.0 Å². The van der Waals surface area contributed by atoms with Crippen molar-refractivity contribution in [2.24, 2.45) is 0 Å². The zero-order chi connectivity index (χ0) is 18.0. The van der Waals surface area contributed by atoms with Gasteiger partial charge < -0.3 is 15.0 Å². The summed E-state index contributed by atoms with van der Waals surface area (Å²) in [6.07, 6.45) is 3.31. The lowest BCUT2D eigenvalue weighted by molar-refractivity contribution is 0.416. The van der Waals surface area contributed by atoms with Crippen LogP contribution in [0.15, 0.2) is 53.6 Å². The second-order valence-electron chi connectivity index (χ2n) is 5.95. The van der Waals surface area contributed by atoms with E-state index < -0.39 is 0 Å². The van der Waals surface area contributed by atoms with Gasteiger partial charge in [-0.15, -0.1) is 0 Å². The molecule has 2 heterocycles. The first kappa shape index (κ1) is 16.7. The monoisotopic (exact) mass is 336 g/mol. The highest BCUT2D eigenvalue weighted by Gasteiger charge is 2.16. The van der Waals surface area contributed by atoms with Crippen molar-refractivity contribution in [3.05, 3.63) is 59.1 Å². The molecule has 0 amide bonds. The van der Waals surface area contributed by atoms with Crippen molar-refractivity contribution in [3.8, 4) is 28.3 Å². The molecule has 0 unspecified atom stereocenters. The summed E-state index contributed by atoms with van der Waals surface area (Å²) >= 11 is 0. The zero-order valence-corrected chi connectivity index (χ0v) is 14.4. The van der Waals surface area contributed by atoms with Crippen LogP contribution in [0.25, 0.3) is 22.5 Å². The number of anilines is 1. The standard InChI is InChI=1S/C19H20N4O2/c1-12(2)23-11-13(8-9-17(23)24)18-19(22-16(20)10-21-18)14-6-4-5-7-15(14)25-3/h4-12H,1-3H3,(H2,20,22). The van der Waals surface area contributed by atoms with Gasteiger partial charge in [-0.05, 0) is 32.0 Å². The Hall–Kier alpha value is -3.15. The maximum Gasteiger partial charge on any atom is 0.250 e. The molecule has 3 aromatic rings. The van der Waals surface area contributed by atoms with E-state index in [0.29, 0.717) is 23.0 Å². The van der Waals surface area contributed by atoms with Crippen LogP contribution in [-0.4, -0.2) is 21.6 Å². The van der Waals surface area contributed by atoms with Crippen molar-refractivity contribution >= 4 is 5.82 Å². The van der Waals surface area contributed by atoms with E-state index in [1.807, 2.05) is 38.1 Å². The first-order chi connectivity index (χ1) is 12.0. The number of nitrogens with zero attached hydrogens (tertiary/aromatic N) is 3. The molecule has 2 aromatic heterocycles. The number of para-hydroxylation sites is 1. The zero-order valence-electron chi connectivity index (χ0n) is 14.4. The van der Waals surface area contributed by atoms with Gasteiger partial charge in [0.2, 0.25) is 0 Å². The van der Waals surface area contributed by atoms with Gasteiger partial charge in [-0.2, -0.15) is 0 Å². The lowest BCUT2D eigenvalue weighted by atomic mass is 10.0. The van der Waals surface area contributed by atoms with Crippen molar-refractivity contribution in [2.75, 3.05) is 12.8 Å². The fraction of sp³-hybridized carbons (Fsp3) is 0.211. The molecule has 0 spiro atoms. The van der Waals surface area contributed by atoms with Crippen molar-refractivity contribution in [1.82, 2.24) is 14.5 Å². The Morgan fingerprint density at radius 2 is 1.88 bits per heavy atom. The number of hydrogen-bond acceptors (Lipinski definition) is 5. The third kappa shape index (κ3) is 3.24. The summed E-state index contributed by atoms with van der Waals surface area (Å²) in [5, 5.41) is 0. The molecule has 25 heavy (non-hydrogen) atoms. The van der Waals surface area contributed by atoms with E-state index in [1.165, 1.54) is 6.20 Å². The number of nitrogen functional groups attached to an aromatic ring is 1. The molecular weight excluding hydrogens is 316 g/mol. The maximum absolute atomic E-state index is 12.0. The number of ether oxygens (including phenoxy) is 1. The summed E-state index contributed by atoms with van der Waals surface area (Å²) in [5.74, 6) is 1.00. The van der Waals surface area contributed by atoms with E-state index in [1.54, 1.807) is 30.0 Å². The predicted octanol–water partition coefficient (Wildman–Crippen LogP) is 3.14. The van der Waals surface area contributed by atoms with Crippen LogP contribution in [0, 0.1) is 0 Å². The van der Waals surface area contributed by atoms with E-state index in [9.17, 15) is 4.79 Å². The fourth-order valence-corrected chi connectivity index (χ4v) is 2.69. The molecule has 0 aliphatic carbocycles. The van der Waals surface area contributed by atoms with Crippen LogP contribution in [0.1, 0.15) is 19.9 Å². The topological polar surface area (TPSA) is 83.0 Å². The number of aromatic nitrogens is 3. The molecule has 0 saturated heterocycles. The summed E-state index contributed by atoms with van der Waals surface area (Å²) in [6, 6.07) is 10.9. The van der Waals surface area contributed by atoms with Crippen molar-refractivity contribution in [2.45, 2.75) is 19.9 Å². The number of methoxy groups -OCH3 is 1. The number of hydrogen-bond donors (Lipinski definition) is 1. The lowest BCUT2D eigenvalue weighted by Crippen LogP contribution is -2.20. The van der Waals surface area contributed by atoms with Crippen LogP contribution in [-0.2, 0) is 0 Å². The van der Waals surface area contributed by atoms with Gasteiger partial charge in [0.25, 0.3) is 5.56 Å². The first-order valence-corrected chi connectivity index (χ1v) is 7.99. The van der Waals surface area contributed by atoms with Crippen LogP contribution >= 0.6 is 0 Å². The van der Waals surface area contributed by atoms with Gasteiger partial charge in [0.1, 0.15) is 17.3 Å². The highest BCUT2D eigenvalue weighted by atomic mass is 16.5. The van der Waals surface area contributed by atoms with Gasteiger partial charge >= 0.3 is 0 Å². The smallest absolute Gasteiger partial charge is 0.250 e. The number of nitrogens with two attached hydrogens (primary N) is 1. The Morgan fingerprint density at radius 1 is 1.12 bits per heavy atom. The predicted molar refractivity (Wildman–Crippen MR) is 98.5 cm³/mol. The number of rotatable bonds is 4. The number of pyridine rings is 1. The largest absolute Gasteiger partial charge is 0.496 e. The third-order valence-electron chi connectivity index (χ3n) is 3.92. The Morgan fingerprint density at radius 3 is 2.60 bits per heavy atom. The summed E-state index contributed by atoms with van der Waals surface area (Å²) in [6.45, 7) is 3.92. The Balaban J connectivity index is 2.25. The first-order valence-electron chi connectivity index (χ1n) is 7.99. The van der Waals surface area contributed by atoms with E-state index in [4.69, 9.17) is 10.5 Å². The van der Waals surface area contributed by atoms with E-state index in [-0.39, 0.29) is 11.6 Å². The maximum atomic E-state index is 12.0. The molecule has 128 valence electrons. The van der Waals surface area contributed by atoms with Gasteiger partial charge in [-0.3, -0.25) is 9.78 Å². The molecule has 0 radical (unpaired) electrons. The summed E-state index contributed by atoms with van der Waals surface area (Å²) in [5.41, 5.74) is 8.66. The second kappa shape index (κ2) is 6.76. The second-order valence-corrected chi connectivity index (χ2v) is 5.95. The fourth-order valence-electron chi connectivity index (χ4n) is 2.69. The molecule has 0 fully saturated rings. The van der Waals surface area contributed by atoms with Crippen molar-refractivity contribution in [1.29, 1.82) is 0 Å². The van der Waals surface area contributed by atoms with E-state index >= 15 is 0 Å². The van der Waals surface area contributed by atoms with Crippen LogP contribution in [0.5, 0.6) is 5.75 Å². The minimum absolute atomic E-state index is 0.0453. The molecule has 2 N–H and O–H groups in total. The quantitative estimate of drug-likeness (QED) is 0.791. The summed E-state index contributed by atoms with van der Waals surface area (Å²) < 4.78 is 7.11. The SMILES string of the molecule is COc1ccccc1-c1nc(N)cnc1-c1ccc(=O)n(C(C)C)c1. The molecule has 6 nitrogen and oxygen atoms in total. The van der Waals surface area contributed by atoms with Crippen LogP contribution in [0.2, 0.25) is 0 Å². The van der Waals surface area contributed by atoms with Gasteiger partial charge in [0.05, 0.1) is 19.0 Å². The molecule has 0 saturated carbocycles. The Kier molecular flexibility index (Phi) is 4.52. The number of benzene rings is 1. The van der Waals surface area contributed by atoms with Gasteiger partial charge in [0, 0.05) is 29.4 Å². The van der Waals surface area contributed by atoms with E-state index in [2.05, 4.69) is 9.97 Å². The van der Waals surface area contributed by atoms with Crippen LogP contribution in [0.3, 0.4) is 0 Å². The molecular formula is C19H20N4O2.